The van der Waals surface area contributed by atoms with E-state index >= 15 is 0 Å². The second-order valence-electron chi connectivity index (χ2n) is 3.27. The Kier molecular flexibility index (Phi) is 4.30. The summed E-state index contributed by atoms with van der Waals surface area (Å²) in [6.45, 7) is 3.05. The molecule has 0 spiro atoms. The summed E-state index contributed by atoms with van der Waals surface area (Å²) in [6.07, 6.45) is 4.69. The Balaban J connectivity index is 2.51. The van der Waals surface area contributed by atoms with Crippen LogP contribution in [0.5, 0.6) is 0 Å². The molecule has 0 fully saturated rings. The fraction of sp³-hybridized carbons (Fsp3) is 0.600. The van der Waals surface area contributed by atoms with Gasteiger partial charge >= 0.3 is 5.97 Å². The SMILES string of the molecule is CCOC(=O)C(N)C(=O)N1CC=CCC1. The lowest BCUT2D eigenvalue weighted by Crippen LogP contribution is -2.49. The molecule has 1 aliphatic heterocycles. The smallest absolute Gasteiger partial charge is 0.332 e. The highest BCUT2D eigenvalue weighted by molar-refractivity contribution is 6.01. The van der Waals surface area contributed by atoms with Crippen LogP contribution in [0, 0.1) is 0 Å². The molecule has 2 N–H and O–H groups in total. The van der Waals surface area contributed by atoms with Gasteiger partial charge in [0.25, 0.3) is 5.91 Å². The third-order valence-electron chi connectivity index (χ3n) is 2.18. The van der Waals surface area contributed by atoms with Crippen LogP contribution < -0.4 is 5.73 Å². The highest BCUT2D eigenvalue weighted by Gasteiger charge is 2.27. The molecule has 0 aromatic rings. The average molecular weight is 212 g/mol. The molecule has 1 amide bonds. The first kappa shape index (κ1) is 11.7. The second-order valence-corrected chi connectivity index (χ2v) is 3.27. The van der Waals surface area contributed by atoms with E-state index in [9.17, 15) is 9.59 Å². The maximum Gasteiger partial charge on any atom is 0.332 e. The summed E-state index contributed by atoms with van der Waals surface area (Å²) < 4.78 is 4.69. The molecular formula is C10H16N2O3. The number of nitrogens with zero attached hydrogens (tertiary/aromatic N) is 1. The molecule has 0 radical (unpaired) electrons. The van der Waals surface area contributed by atoms with Crippen LogP contribution in [0.15, 0.2) is 12.2 Å². The fourth-order valence-electron chi connectivity index (χ4n) is 1.37. The number of carbonyl (C=O) groups is 2. The fourth-order valence-corrected chi connectivity index (χ4v) is 1.37. The van der Waals surface area contributed by atoms with Crippen molar-refractivity contribution < 1.29 is 14.3 Å². The molecule has 1 unspecified atom stereocenters. The van der Waals surface area contributed by atoms with E-state index in [1.165, 1.54) is 0 Å². The van der Waals surface area contributed by atoms with Gasteiger partial charge in [0, 0.05) is 13.1 Å². The van der Waals surface area contributed by atoms with Crippen molar-refractivity contribution in [2.75, 3.05) is 19.7 Å². The molecule has 0 aliphatic carbocycles. The van der Waals surface area contributed by atoms with Crippen molar-refractivity contribution >= 4 is 11.9 Å². The molecule has 0 aromatic heterocycles. The number of hydrogen-bond donors (Lipinski definition) is 1. The first-order valence-corrected chi connectivity index (χ1v) is 5.02. The van der Waals surface area contributed by atoms with E-state index in [1.54, 1.807) is 11.8 Å². The quantitative estimate of drug-likeness (QED) is 0.395. The lowest BCUT2D eigenvalue weighted by atomic mass is 10.2. The number of carbonyl (C=O) groups excluding carboxylic acids is 2. The van der Waals surface area contributed by atoms with Crippen LogP contribution >= 0.6 is 0 Å². The van der Waals surface area contributed by atoms with Crippen molar-refractivity contribution in [1.82, 2.24) is 4.90 Å². The molecule has 0 aromatic carbocycles. The van der Waals surface area contributed by atoms with E-state index in [4.69, 9.17) is 5.73 Å². The Morgan fingerprint density at radius 3 is 2.80 bits per heavy atom. The van der Waals surface area contributed by atoms with Crippen molar-refractivity contribution in [2.24, 2.45) is 5.73 Å². The molecule has 1 atom stereocenters. The van der Waals surface area contributed by atoms with Gasteiger partial charge in [-0.25, -0.2) is 4.79 Å². The van der Waals surface area contributed by atoms with Crippen molar-refractivity contribution in [1.29, 1.82) is 0 Å². The number of rotatable bonds is 3. The van der Waals surface area contributed by atoms with E-state index in [1.807, 2.05) is 12.2 Å². The summed E-state index contributed by atoms with van der Waals surface area (Å²) in [6, 6.07) is -1.18. The highest BCUT2D eigenvalue weighted by atomic mass is 16.5. The van der Waals surface area contributed by atoms with E-state index in [-0.39, 0.29) is 12.5 Å². The van der Waals surface area contributed by atoms with Crippen LogP contribution in [0.2, 0.25) is 0 Å². The van der Waals surface area contributed by atoms with Gasteiger partial charge in [-0.3, -0.25) is 4.79 Å². The summed E-state index contributed by atoms with van der Waals surface area (Å²) in [5, 5.41) is 0. The van der Waals surface area contributed by atoms with Crippen LogP contribution in [0.25, 0.3) is 0 Å². The maximum absolute atomic E-state index is 11.7. The van der Waals surface area contributed by atoms with E-state index in [2.05, 4.69) is 4.74 Å². The van der Waals surface area contributed by atoms with E-state index in [0.717, 1.165) is 6.42 Å². The van der Waals surface area contributed by atoms with Crippen LogP contribution in [-0.4, -0.2) is 42.5 Å². The molecule has 0 saturated carbocycles. The van der Waals surface area contributed by atoms with E-state index < -0.39 is 12.0 Å². The molecule has 84 valence electrons. The number of nitrogens with two attached hydrogens (primary N) is 1. The summed E-state index contributed by atoms with van der Waals surface area (Å²) in [5.41, 5.74) is 5.49. The van der Waals surface area contributed by atoms with Crippen molar-refractivity contribution in [2.45, 2.75) is 19.4 Å². The monoisotopic (exact) mass is 212 g/mol. The summed E-state index contributed by atoms with van der Waals surface area (Å²) in [5.74, 6) is -1.02. The molecule has 0 bridgehead atoms. The standard InChI is InChI=1S/C10H16N2O3/c1-2-15-10(14)8(11)9(13)12-6-4-3-5-7-12/h3-4,8H,2,5-7,11H2,1H3. The maximum atomic E-state index is 11.7. The van der Waals surface area contributed by atoms with Gasteiger partial charge in [0.2, 0.25) is 0 Å². The number of esters is 1. The Morgan fingerprint density at radius 1 is 1.53 bits per heavy atom. The molecule has 1 heterocycles. The van der Waals surface area contributed by atoms with Crippen LogP contribution in [-0.2, 0) is 14.3 Å². The number of amides is 1. The second kappa shape index (κ2) is 5.50. The zero-order valence-corrected chi connectivity index (χ0v) is 8.81. The third kappa shape index (κ3) is 3.06. The average Bonchev–Trinajstić information content (AvgIpc) is 2.28. The Bertz CT molecular complexity index is 276. The first-order valence-electron chi connectivity index (χ1n) is 5.02. The molecule has 1 rings (SSSR count). The minimum atomic E-state index is -1.18. The number of hydrogen-bond acceptors (Lipinski definition) is 4. The minimum Gasteiger partial charge on any atom is -0.464 e. The third-order valence-corrected chi connectivity index (χ3v) is 2.18. The molecular weight excluding hydrogens is 196 g/mol. The lowest BCUT2D eigenvalue weighted by molar-refractivity contribution is -0.150. The van der Waals surface area contributed by atoms with Gasteiger partial charge in [-0.2, -0.15) is 0 Å². The topological polar surface area (TPSA) is 72.6 Å². The molecule has 5 nitrogen and oxygen atoms in total. The Morgan fingerprint density at radius 2 is 2.27 bits per heavy atom. The van der Waals surface area contributed by atoms with Gasteiger partial charge in [-0.05, 0) is 13.3 Å². The largest absolute Gasteiger partial charge is 0.464 e. The molecule has 15 heavy (non-hydrogen) atoms. The molecule has 1 aliphatic rings. The molecule has 0 saturated heterocycles. The van der Waals surface area contributed by atoms with Gasteiger partial charge in [0.15, 0.2) is 6.04 Å². The van der Waals surface area contributed by atoms with Gasteiger partial charge in [-0.15, -0.1) is 0 Å². The van der Waals surface area contributed by atoms with Gasteiger partial charge in [0.05, 0.1) is 6.61 Å². The Hall–Kier alpha value is -1.36. The lowest BCUT2D eigenvalue weighted by Gasteiger charge is -2.25. The zero-order valence-electron chi connectivity index (χ0n) is 8.81. The van der Waals surface area contributed by atoms with E-state index in [0.29, 0.717) is 13.1 Å². The zero-order chi connectivity index (χ0) is 11.3. The van der Waals surface area contributed by atoms with Crippen LogP contribution in [0.4, 0.5) is 0 Å². The van der Waals surface area contributed by atoms with Crippen LogP contribution in [0.1, 0.15) is 13.3 Å². The van der Waals surface area contributed by atoms with Crippen molar-refractivity contribution in [3.63, 3.8) is 0 Å². The predicted molar refractivity (Wildman–Crippen MR) is 54.9 cm³/mol. The highest BCUT2D eigenvalue weighted by Crippen LogP contribution is 2.03. The number of ether oxygens (including phenoxy) is 1. The van der Waals surface area contributed by atoms with Crippen molar-refractivity contribution in [3.8, 4) is 0 Å². The normalized spacial score (nSPS) is 17.3. The minimum absolute atomic E-state index is 0.236. The summed E-state index contributed by atoms with van der Waals surface area (Å²) >= 11 is 0. The Labute approximate surface area is 88.9 Å². The van der Waals surface area contributed by atoms with Crippen LogP contribution in [0.3, 0.4) is 0 Å². The summed E-state index contributed by atoms with van der Waals surface area (Å²) in [4.78, 5) is 24.5. The summed E-state index contributed by atoms with van der Waals surface area (Å²) in [7, 11) is 0. The van der Waals surface area contributed by atoms with Gasteiger partial charge in [0.1, 0.15) is 0 Å². The van der Waals surface area contributed by atoms with Gasteiger partial charge < -0.3 is 15.4 Å². The van der Waals surface area contributed by atoms with Crippen molar-refractivity contribution in [3.05, 3.63) is 12.2 Å². The predicted octanol–water partition coefficient (Wildman–Crippen LogP) is -0.335. The first-order chi connectivity index (χ1) is 7.16. The molecule has 5 heteroatoms. The van der Waals surface area contributed by atoms with Gasteiger partial charge in [-0.1, -0.05) is 12.2 Å².